The molecule has 0 spiro atoms. The molecule has 1 aliphatic rings. The lowest BCUT2D eigenvalue weighted by atomic mass is 10.3. The number of ether oxygens (including phenoxy) is 2. The van der Waals surface area contributed by atoms with Crippen molar-refractivity contribution in [1.82, 2.24) is 5.32 Å². The summed E-state index contributed by atoms with van der Waals surface area (Å²) in [4.78, 5) is 0. The van der Waals surface area contributed by atoms with Crippen molar-refractivity contribution >= 4 is 15.9 Å². The van der Waals surface area contributed by atoms with Crippen molar-refractivity contribution in [3.8, 4) is 11.5 Å². The average molecular weight is 272 g/mol. The van der Waals surface area contributed by atoms with Crippen LogP contribution in [0.15, 0.2) is 22.7 Å². The lowest BCUT2D eigenvalue weighted by Gasteiger charge is -2.15. The first-order chi connectivity index (χ1) is 7.29. The zero-order valence-corrected chi connectivity index (χ0v) is 10.2. The van der Waals surface area contributed by atoms with Crippen LogP contribution in [0.5, 0.6) is 11.5 Å². The van der Waals surface area contributed by atoms with Gasteiger partial charge in [0, 0.05) is 11.0 Å². The van der Waals surface area contributed by atoms with Gasteiger partial charge in [-0.3, -0.25) is 0 Å². The molecule has 0 bridgehead atoms. The Hall–Kier alpha value is -0.740. The highest BCUT2D eigenvalue weighted by Crippen LogP contribution is 2.31. The second-order valence-corrected chi connectivity index (χ2v) is 4.44. The Kier molecular flexibility index (Phi) is 3.49. The molecule has 0 aliphatic carbocycles. The van der Waals surface area contributed by atoms with E-state index in [0.29, 0.717) is 0 Å². The Morgan fingerprint density at radius 2 is 2.27 bits per heavy atom. The molecule has 1 aromatic rings. The van der Waals surface area contributed by atoms with Crippen LogP contribution in [0, 0.1) is 0 Å². The summed E-state index contributed by atoms with van der Waals surface area (Å²) < 4.78 is 12.1. The van der Waals surface area contributed by atoms with Gasteiger partial charge in [0.1, 0.15) is 6.10 Å². The first-order valence-corrected chi connectivity index (χ1v) is 5.80. The Morgan fingerprint density at radius 1 is 1.40 bits per heavy atom. The predicted octanol–water partition coefficient (Wildman–Crippen LogP) is 2.20. The number of hydrogen-bond donors (Lipinski definition) is 1. The molecule has 15 heavy (non-hydrogen) atoms. The van der Waals surface area contributed by atoms with E-state index in [2.05, 4.69) is 21.2 Å². The van der Waals surface area contributed by atoms with Crippen LogP contribution in [-0.4, -0.2) is 26.3 Å². The Labute approximate surface area is 97.9 Å². The maximum absolute atomic E-state index is 5.86. The molecule has 0 radical (unpaired) electrons. The highest BCUT2D eigenvalue weighted by atomic mass is 79.9. The fraction of sp³-hybridized carbons (Fsp3) is 0.455. The molecule has 0 saturated carbocycles. The molecule has 1 saturated heterocycles. The molecule has 1 heterocycles. The summed E-state index contributed by atoms with van der Waals surface area (Å²) in [6, 6.07) is 5.79. The van der Waals surface area contributed by atoms with Gasteiger partial charge in [-0.25, -0.2) is 0 Å². The van der Waals surface area contributed by atoms with Crippen LogP contribution in [0.25, 0.3) is 0 Å². The average Bonchev–Trinajstić information content (AvgIpc) is 2.71. The van der Waals surface area contributed by atoms with E-state index in [9.17, 15) is 0 Å². The molecule has 1 atom stereocenters. The fourth-order valence-electron chi connectivity index (χ4n) is 1.65. The first kappa shape index (κ1) is 10.8. The van der Waals surface area contributed by atoms with E-state index in [1.165, 1.54) is 0 Å². The molecule has 1 aliphatic heterocycles. The van der Waals surface area contributed by atoms with Crippen LogP contribution < -0.4 is 14.8 Å². The molecular formula is C11H14BrNO2. The van der Waals surface area contributed by atoms with Crippen LogP contribution in [0.1, 0.15) is 6.42 Å². The zero-order valence-electron chi connectivity index (χ0n) is 8.63. The van der Waals surface area contributed by atoms with E-state index < -0.39 is 0 Å². The quantitative estimate of drug-likeness (QED) is 0.915. The van der Waals surface area contributed by atoms with Gasteiger partial charge < -0.3 is 14.8 Å². The van der Waals surface area contributed by atoms with Crippen LogP contribution >= 0.6 is 15.9 Å². The minimum atomic E-state index is 0.258. The largest absolute Gasteiger partial charge is 0.493 e. The number of hydrogen-bond acceptors (Lipinski definition) is 3. The van der Waals surface area contributed by atoms with Crippen molar-refractivity contribution < 1.29 is 9.47 Å². The van der Waals surface area contributed by atoms with Crippen molar-refractivity contribution in [3.63, 3.8) is 0 Å². The van der Waals surface area contributed by atoms with Crippen molar-refractivity contribution in [2.24, 2.45) is 0 Å². The smallest absolute Gasteiger partial charge is 0.162 e. The summed E-state index contributed by atoms with van der Waals surface area (Å²) in [5, 5.41) is 3.27. The van der Waals surface area contributed by atoms with E-state index in [4.69, 9.17) is 9.47 Å². The SMILES string of the molecule is COc1ccc(Br)cc1OC1CCNC1. The van der Waals surface area contributed by atoms with Crippen LogP contribution in [0.3, 0.4) is 0 Å². The van der Waals surface area contributed by atoms with Gasteiger partial charge in [0.2, 0.25) is 0 Å². The standard InChI is InChI=1S/C11H14BrNO2/c1-14-10-3-2-8(12)6-11(10)15-9-4-5-13-7-9/h2-3,6,9,13H,4-5,7H2,1H3. The maximum atomic E-state index is 5.86. The van der Waals surface area contributed by atoms with Gasteiger partial charge in [-0.05, 0) is 31.2 Å². The molecule has 0 amide bonds. The third-order valence-corrected chi connectivity index (χ3v) is 2.93. The Morgan fingerprint density at radius 3 is 2.93 bits per heavy atom. The minimum absolute atomic E-state index is 0.258. The van der Waals surface area contributed by atoms with Gasteiger partial charge in [-0.15, -0.1) is 0 Å². The normalized spacial score (nSPS) is 20.3. The number of benzene rings is 1. The second kappa shape index (κ2) is 4.86. The van der Waals surface area contributed by atoms with Crippen molar-refractivity contribution in [2.45, 2.75) is 12.5 Å². The zero-order chi connectivity index (χ0) is 10.7. The molecule has 3 nitrogen and oxygen atoms in total. The van der Waals surface area contributed by atoms with Crippen LogP contribution in [0.2, 0.25) is 0 Å². The molecule has 1 fully saturated rings. The number of halogens is 1. The number of nitrogens with one attached hydrogen (secondary N) is 1. The van der Waals surface area contributed by atoms with Gasteiger partial charge in [-0.1, -0.05) is 15.9 Å². The van der Waals surface area contributed by atoms with E-state index in [1.54, 1.807) is 7.11 Å². The van der Waals surface area contributed by atoms with Gasteiger partial charge in [-0.2, -0.15) is 0 Å². The number of rotatable bonds is 3. The molecule has 82 valence electrons. The highest BCUT2D eigenvalue weighted by Gasteiger charge is 2.17. The van der Waals surface area contributed by atoms with E-state index in [1.807, 2.05) is 18.2 Å². The van der Waals surface area contributed by atoms with Crippen molar-refractivity contribution in [2.75, 3.05) is 20.2 Å². The molecule has 2 rings (SSSR count). The molecule has 1 unspecified atom stereocenters. The minimum Gasteiger partial charge on any atom is -0.493 e. The van der Waals surface area contributed by atoms with E-state index in [-0.39, 0.29) is 6.10 Å². The third kappa shape index (κ3) is 2.63. The molecular weight excluding hydrogens is 258 g/mol. The lowest BCUT2D eigenvalue weighted by molar-refractivity contribution is 0.212. The number of methoxy groups -OCH3 is 1. The van der Waals surface area contributed by atoms with Crippen LogP contribution in [0.4, 0.5) is 0 Å². The third-order valence-electron chi connectivity index (χ3n) is 2.43. The lowest BCUT2D eigenvalue weighted by Crippen LogP contribution is -2.19. The summed E-state index contributed by atoms with van der Waals surface area (Å²) >= 11 is 3.42. The van der Waals surface area contributed by atoms with E-state index in [0.717, 1.165) is 35.5 Å². The topological polar surface area (TPSA) is 30.5 Å². The summed E-state index contributed by atoms with van der Waals surface area (Å²) in [6.07, 6.45) is 1.31. The van der Waals surface area contributed by atoms with Gasteiger partial charge in [0.05, 0.1) is 7.11 Å². The molecule has 4 heteroatoms. The van der Waals surface area contributed by atoms with Gasteiger partial charge in [0.15, 0.2) is 11.5 Å². The Bertz CT molecular complexity index is 337. The Balaban J connectivity index is 2.14. The monoisotopic (exact) mass is 271 g/mol. The summed E-state index contributed by atoms with van der Waals surface area (Å²) in [6.45, 7) is 1.94. The molecule has 0 aromatic heterocycles. The highest BCUT2D eigenvalue weighted by molar-refractivity contribution is 9.10. The fourth-order valence-corrected chi connectivity index (χ4v) is 1.99. The van der Waals surface area contributed by atoms with Gasteiger partial charge >= 0.3 is 0 Å². The van der Waals surface area contributed by atoms with Crippen LogP contribution in [-0.2, 0) is 0 Å². The summed E-state index contributed by atoms with van der Waals surface area (Å²) in [5.74, 6) is 1.59. The predicted molar refractivity (Wildman–Crippen MR) is 62.6 cm³/mol. The van der Waals surface area contributed by atoms with E-state index >= 15 is 0 Å². The van der Waals surface area contributed by atoms with Crippen molar-refractivity contribution in [3.05, 3.63) is 22.7 Å². The second-order valence-electron chi connectivity index (χ2n) is 3.53. The van der Waals surface area contributed by atoms with Crippen molar-refractivity contribution in [1.29, 1.82) is 0 Å². The molecule has 1 N–H and O–H groups in total. The van der Waals surface area contributed by atoms with Gasteiger partial charge in [0.25, 0.3) is 0 Å². The maximum Gasteiger partial charge on any atom is 0.162 e. The first-order valence-electron chi connectivity index (χ1n) is 5.00. The summed E-state index contributed by atoms with van der Waals surface area (Å²) in [7, 11) is 1.66. The molecule has 1 aromatic carbocycles. The summed E-state index contributed by atoms with van der Waals surface area (Å²) in [5.41, 5.74) is 0.